The molecule has 0 saturated carbocycles. The maximum Gasteiger partial charge on any atom is 0.289 e. The average molecular weight is 479 g/mol. The molecule has 1 aliphatic heterocycles. The smallest absolute Gasteiger partial charge is 0.289 e. The second-order valence-corrected chi connectivity index (χ2v) is 8.15. The number of aromatic nitrogens is 3. The second-order valence-electron chi connectivity index (χ2n) is 7.74. The Morgan fingerprint density at radius 2 is 1.94 bits per heavy atom. The first-order valence-electron chi connectivity index (χ1n) is 10.5. The Labute approximate surface area is 199 Å². The summed E-state index contributed by atoms with van der Waals surface area (Å²) in [5, 5.41) is 7.68. The molecule has 0 aliphatic carbocycles. The fourth-order valence-corrected chi connectivity index (χ4v) is 3.66. The van der Waals surface area contributed by atoms with E-state index in [1.165, 1.54) is 12.4 Å². The van der Waals surface area contributed by atoms with Crippen LogP contribution in [-0.4, -0.2) is 33.6 Å². The SMILES string of the molecule is CC1COC(Nc2ccc3ncnc(Nc4ccc(OCc5cncc(F)c5)c(Cl)c4)c3c2)=N1. The first-order chi connectivity index (χ1) is 16.5. The molecule has 0 bridgehead atoms. The van der Waals surface area contributed by atoms with Crippen LogP contribution in [0.25, 0.3) is 10.9 Å². The van der Waals surface area contributed by atoms with Crippen molar-refractivity contribution >= 4 is 45.7 Å². The number of pyridine rings is 1. The third-order valence-corrected chi connectivity index (χ3v) is 5.33. The van der Waals surface area contributed by atoms with Gasteiger partial charge in [-0.15, -0.1) is 0 Å². The van der Waals surface area contributed by atoms with Crippen molar-refractivity contribution in [1.29, 1.82) is 0 Å². The minimum Gasteiger partial charge on any atom is -0.487 e. The summed E-state index contributed by atoms with van der Waals surface area (Å²) in [7, 11) is 0. The molecule has 8 nitrogen and oxygen atoms in total. The van der Waals surface area contributed by atoms with E-state index in [-0.39, 0.29) is 12.6 Å². The van der Waals surface area contributed by atoms with Gasteiger partial charge in [0.2, 0.25) is 0 Å². The summed E-state index contributed by atoms with van der Waals surface area (Å²) in [6, 6.07) is 13.0. The molecule has 10 heteroatoms. The van der Waals surface area contributed by atoms with Crippen LogP contribution in [0.1, 0.15) is 12.5 Å². The van der Waals surface area contributed by atoms with Crippen molar-refractivity contribution in [3.05, 3.63) is 77.6 Å². The molecule has 0 saturated heterocycles. The van der Waals surface area contributed by atoms with Crippen LogP contribution in [0.4, 0.5) is 21.6 Å². The van der Waals surface area contributed by atoms with Crippen LogP contribution in [0.5, 0.6) is 5.75 Å². The zero-order valence-electron chi connectivity index (χ0n) is 18.1. The molecule has 2 aromatic heterocycles. The predicted molar refractivity (Wildman–Crippen MR) is 129 cm³/mol. The van der Waals surface area contributed by atoms with E-state index < -0.39 is 5.82 Å². The number of nitrogens with zero attached hydrogens (tertiary/aromatic N) is 4. The van der Waals surface area contributed by atoms with Crippen LogP contribution in [0.3, 0.4) is 0 Å². The molecule has 0 amide bonds. The first-order valence-corrected chi connectivity index (χ1v) is 10.9. The van der Waals surface area contributed by atoms with Gasteiger partial charge in [-0.25, -0.2) is 19.4 Å². The maximum atomic E-state index is 13.3. The minimum atomic E-state index is -0.416. The second kappa shape index (κ2) is 9.48. The monoisotopic (exact) mass is 478 g/mol. The summed E-state index contributed by atoms with van der Waals surface area (Å²) in [6.07, 6.45) is 4.18. The van der Waals surface area contributed by atoms with Crippen molar-refractivity contribution in [1.82, 2.24) is 15.0 Å². The molecule has 0 radical (unpaired) electrons. The van der Waals surface area contributed by atoms with Gasteiger partial charge in [0.1, 0.15) is 36.9 Å². The average Bonchev–Trinajstić information content (AvgIpc) is 3.23. The Kier molecular flexibility index (Phi) is 6.09. The molecule has 2 N–H and O–H groups in total. The predicted octanol–water partition coefficient (Wildman–Crippen LogP) is 5.33. The molecule has 0 spiro atoms. The molecule has 3 heterocycles. The van der Waals surface area contributed by atoms with Gasteiger partial charge in [-0.2, -0.15) is 0 Å². The van der Waals surface area contributed by atoms with Crippen LogP contribution in [-0.2, 0) is 11.3 Å². The van der Waals surface area contributed by atoms with Gasteiger partial charge >= 0.3 is 0 Å². The number of anilines is 3. The molecule has 5 rings (SSSR count). The summed E-state index contributed by atoms with van der Waals surface area (Å²) in [5.41, 5.74) is 2.92. The number of halogens is 2. The highest BCUT2D eigenvalue weighted by Gasteiger charge is 2.15. The van der Waals surface area contributed by atoms with Gasteiger partial charge in [0.15, 0.2) is 0 Å². The summed E-state index contributed by atoms with van der Waals surface area (Å²) in [4.78, 5) is 16.9. The summed E-state index contributed by atoms with van der Waals surface area (Å²) in [6.45, 7) is 2.70. The molecule has 1 atom stereocenters. The van der Waals surface area contributed by atoms with E-state index in [1.54, 1.807) is 18.3 Å². The van der Waals surface area contributed by atoms with Gasteiger partial charge in [-0.1, -0.05) is 11.6 Å². The molecule has 1 unspecified atom stereocenters. The van der Waals surface area contributed by atoms with E-state index in [0.717, 1.165) is 28.5 Å². The van der Waals surface area contributed by atoms with Crippen molar-refractivity contribution in [2.45, 2.75) is 19.6 Å². The number of ether oxygens (including phenoxy) is 2. The van der Waals surface area contributed by atoms with Gasteiger partial charge < -0.3 is 20.1 Å². The van der Waals surface area contributed by atoms with E-state index in [9.17, 15) is 4.39 Å². The number of amidine groups is 1. The van der Waals surface area contributed by atoms with Gasteiger partial charge in [-0.05, 0) is 49.4 Å². The summed E-state index contributed by atoms with van der Waals surface area (Å²) >= 11 is 6.42. The molecule has 4 aromatic rings. The van der Waals surface area contributed by atoms with Crippen molar-refractivity contribution in [2.75, 3.05) is 17.2 Å². The van der Waals surface area contributed by atoms with E-state index >= 15 is 0 Å². The number of hydrogen-bond acceptors (Lipinski definition) is 8. The normalized spacial score (nSPS) is 15.0. The Hall–Kier alpha value is -3.98. The van der Waals surface area contributed by atoms with Gasteiger partial charge in [-0.3, -0.25) is 4.98 Å². The van der Waals surface area contributed by atoms with Crippen LogP contribution in [0, 0.1) is 5.82 Å². The lowest BCUT2D eigenvalue weighted by atomic mass is 10.2. The van der Waals surface area contributed by atoms with Crippen molar-refractivity contribution in [3.8, 4) is 5.75 Å². The van der Waals surface area contributed by atoms with Gasteiger partial charge in [0.25, 0.3) is 6.02 Å². The molecular weight excluding hydrogens is 459 g/mol. The Morgan fingerprint density at radius 1 is 1.09 bits per heavy atom. The zero-order valence-corrected chi connectivity index (χ0v) is 18.9. The lowest BCUT2D eigenvalue weighted by Gasteiger charge is -2.13. The largest absolute Gasteiger partial charge is 0.487 e. The standard InChI is InChI=1S/C24H20ClFN6O2/c1-14-11-34-24(30-14)32-17-2-4-21-19(7-17)23(29-13-28-21)31-18-3-5-22(20(25)8-18)33-12-15-6-16(26)10-27-9-15/h2-10,13-14H,11-12H2,1H3,(H,30,32)(H,28,29,31). The van der Waals surface area contributed by atoms with E-state index in [4.69, 9.17) is 21.1 Å². The lowest BCUT2D eigenvalue weighted by molar-refractivity contribution is 0.305. The van der Waals surface area contributed by atoms with Crippen molar-refractivity contribution in [2.24, 2.45) is 4.99 Å². The third-order valence-electron chi connectivity index (χ3n) is 5.04. The Bertz CT molecular complexity index is 1380. The molecule has 0 fully saturated rings. The highest BCUT2D eigenvalue weighted by Crippen LogP contribution is 2.31. The molecule has 1 aliphatic rings. The van der Waals surface area contributed by atoms with E-state index in [1.807, 2.05) is 31.2 Å². The fraction of sp³-hybridized carbons (Fsp3) is 0.167. The highest BCUT2D eigenvalue weighted by molar-refractivity contribution is 6.32. The van der Waals surface area contributed by atoms with Crippen molar-refractivity contribution in [3.63, 3.8) is 0 Å². The fourth-order valence-electron chi connectivity index (χ4n) is 3.43. The number of nitrogens with one attached hydrogen (secondary N) is 2. The molecule has 34 heavy (non-hydrogen) atoms. The highest BCUT2D eigenvalue weighted by atomic mass is 35.5. The topological polar surface area (TPSA) is 93.5 Å². The summed E-state index contributed by atoms with van der Waals surface area (Å²) < 4.78 is 24.6. The van der Waals surface area contributed by atoms with Gasteiger partial charge in [0, 0.05) is 28.5 Å². The Morgan fingerprint density at radius 3 is 2.74 bits per heavy atom. The molecule has 172 valence electrons. The number of benzene rings is 2. The quantitative estimate of drug-likeness (QED) is 0.387. The van der Waals surface area contributed by atoms with Gasteiger partial charge in [0.05, 0.1) is 22.8 Å². The van der Waals surface area contributed by atoms with Crippen LogP contribution in [0.15, 0.2) is 66.2 Å². The Balaban J connectivity index is 1.33. The number of fused-ring (bicyclic) bond motifs is 1. The summed E-state index contributed by atoms with van der Waals surface area (Å²) in [5.74, 6) is 0.675. The minimum absolute atomic E-state index is 0.130. The maximum absolute atomic E-state index is 13.3. The van der Waals surface area contributed by atoms with Crippen molar-refractivity contribution < 1.29 is 13.9 Å². The third kappa shape index (κ3) is 4.99. The van der Waals surface area contributed by atoms with Crippen LogP contribution in [0.2, 0.25) is 5.02 Å². The number of aliphatic imine (C=N–C) groups is 1. The van der Waals surface area contributed by atoms with E-state index in [0.29, 0.717) is 34.8 Å². The molecule has 2 aromatic carbocycles. The van der Waals surface area contributed by atoms with Crippen LogP contribution < -0.4 is 15.4 Å². The zero-order chi connectivity index (χ0) is 23.5. The molecular formula is C24H20ClFN6O2. The number of rotatable bonds is 6. The van der Waals surface area contributed by atoms with Crippen LogP contribution >= 0.6 is 11.6 Å². The lowest BCUT2D eigenvalue weighted by Crippen LogP contribution is -2.11. The van der Waals surface area contributed by atoms with E-state index in [2.05, 4.69) is 30.6 Å². The first kappa shape index (κ1) is 21.8. The number of hydrogen-bond donors (Lipinski definition) is 2.